The Kier molecular flexibility index (Phi) is 5.95. The highest BCUT2D eigenvalue weighted by Crippen LogP contribution is 2.47. The van der Waals surface area contributed by atoms with Crippen LogP contribution in [0.25, 0.3) is 0 Å². The SMILES string of the molecule is CCCOC(=O)N1CCC2(CCC(CC(C)C)CC2)CC1. The molecule has 0 atom stereocenters. The summed E-state index contributed by atoms with van der Waals surface area (Å²) in [4.78, 5) is 13.8. The van der Waals surface area contributed by atoms with Crippen LogP contribution in [0.1, 0.15) is 72.1 Å². The zero-order valence-electron chi connectivity index (χ0n) is 14.2. The molecule has 0 radical (unpaired) electrons. The van der Waals surface area contributed by atoms with Crippen molar-refractivity contribution in [2.75, 3.05) is 19.7 Å². The van der Waals surface area contributed by atoms with Crippen molar-refractivity contribution in [1.29, 1.82) is 0 Å². The van der Waals surface area contributed by atoms with E-state index in [1.54, 1.807) is 0 Å². The second-order valence-electron chi connectivity index (χ2n) is 7.67. The Labute approximate surface area is 130 Å². The molecule has 0 aromatic rings. The number of piperidine rings is 1. The standard InChI is InChI=1S/C18H33NO2/c1-4-13-21-17(20)19-11-9-18(10-12-19)7-5-16(6-8-18)14-15(2)3/h15-16H,4-14H2,1-3H3. The molecule has 0 bridgehead atoms. The van der Waals surface area contributed by atoms with E-state index in [2.05, 4.69) is 13.8 Å². The van der Waals surface area contributed by atoms with Gasteiger partial charge in [0.25, 0.3) is 0 Å². The largest absolute Gasteiger partial charge is 0.449 e. The van der Waals surface area contributed by atoms with E-state index >= 15 is 0 Å². The zero-order valence-corrected chi connectivity index (χ0v) is 14.2. The summed E-state index contributed by atoms with van der Waals surface area (Å²) < 4.78 is 5.25. The smallest absolute Gasteiger partial charge is 0.409 e. The molecule has 0 aromatic carbocycles. The van der Waals surface area contributed by atoms with Gasteiger partial charge in [-0.15, -0.1) is 0 Å². The summed E-state index contributed by atoms with van der Waals surface area (Å²) in [5.74, 6) is 1.78. The maximum Gasteiger partial charge on any atom is 0.409 e. The molecule has 1 spiro atoms. The van der Waals surface area contributed by atoms with E-state index in [-0.39, 0.29) is 6.09 Å². The molecule has 122 valence electrons. The van der Waals surface area contributed by atoms with Crippen LogP contribution in [0.2, 0.25) is 0 Å². The summed E-state index contributed by atoms with van der Waals surface area (Å²) in [5.41, 5.74) is 0.537. The Morgan fingerprint density at radius 2 is 1.81 bits per heavy atom. The molecule has 2 aliphatic rings. The molecule has 2 fully saturated rings. The summed E-state index contributed by atoms with van der Waals surface area (Å²) in [6.45, 7) is 9.07. The minimum Gasteiger partial charge on any atom is -0.449 e. The van der Waals surface area contributed by atoms with Gasteiger partial charge in [-0.2, -0.15) is 0 Å². The fourth-order valence-electron chi connectivity index (χ4n) is 4.14. The molecule has 2 rings (SSSR count). The average Bonchev–Trinajstić information content (AvgIpc) is 2.48. The van der Waals surface area contributed by atoms with Gasteiger partial charge in [-0.05, 0) is 68.6 Å². The quantitative estimate of drug-likeness (QED) is 0.742. The van der Waals surface area contributed by atoms with Gasteiger partial charge in [-0.3, -0.25) is 0 Å². The number of carbonyl (C=O) groups is 1. The van der Waals surface area contributed by atoms with Gasteiger partial charge < -0.3 is 9.64 Å². The lowest BCUT2D eigenvalue weighted by molar-refractivity contribution is 0.0372. The van der Waals surface area contributed by atoms with Gasteiger partial charge in [0.2, 0.25) is 0 Å². The summed E-state index contributed by atoms with van der Waals surface area (Å²) in [7, 11) is 0. The summed E-state index contributed by atoms with van der Waals surface area (Å²) in [5, 5.41) is 0. The summed E-state index contributed by atoms with van der Waals surface area (Å²) >= 11 is 0. The Morgan fingerprint density at radius 3 is 2.33 bits per heavy atom. The van der Waals surface area contributed by atoms with E-state index in [0.717, 1.165) is 31.3 Å². The predicted octanol–water partition coefficient (Wildman–Crippen LogP) is 4.85. The summed E-state index contributed by atoms with van der Waals surface area (Å²) in [6.07, 6.45) is 10.1. The van der Waals surface area contributed by atoms with Crippen molar-refractivity contribution in [2.45, 2.75) is 72.1 Å². The molecular formula is C18H33NO2. The van der Waals surface area contributed by atoms with Gasteiger partial charge in [-0.1, -0.05) is 20.8 Å². The van der Waals surface area contributed by atoms with E-state index in [0.29, 0.717) is 12.0 Å². The molecular weight excluding hydrogens is 262 g/mol. The fraction of sp³-hybridized carbons (Fsp3) is 0.944. The Balaban J connectivity index is 1.75. The minimum absolute atomic E-state index is 0.0970. The van der Waals surface area contributed by atoms with E-state index in [4.69, 9.17) is 4.74 Å². The van der Waals surface area contributed by atoms with Crippen molar-refractivity contribution in [3.63, 3.8) is 0 Å². The van der Waals surface area contributed by atoms with Crippen molar-refractivity contribution >= 4 is 6.09 Å². The van der Waals surface area contributed by atoms with Crippen LogP contribution in [-0.4, -0.2) is 30.7 Å². The number of ether oxygens (including phenoxy) is 1. The van der Waals surface area contributed by atoms with Crippen LogP contribution in [0, 0.1) is 17.3 Å². The average molecular weight is 295 g/mol. The lowest BCUT2D eigenvalue weighted by Crippen LogP contribution is -2.44. The van der Waals surface area contributed by atoms with Gasteiger partial charge >= 0.3 is 6.09 Å². The first-order valence-electron chi connectivity index (χ1n) is 8.96. The molecule has 1 saturated carbocycles. The maximum absolute atomic E-state index is 11.9. The maximum atomic E-state index is 11.9. The zero-order chi connectivity index (χ0) is 15.3. The van der Waals surface area contributed by atoms with E-state index < -0.39 is 0 Å². The minimum atomic E-state index is -0.0970. The van der Waals surface area contributed by atoms with Crippen LogP contribution in [-0.2, 0) is 4.74 Å². The third kappa shape index (κ3) is 4.62. The lowest BCUT2D eigenvalue weighted by Gasteiger charge is -2.46. The number of nitrogens with zero attached hydrogens (tertiary/aromatic N) is 1. The molecule has 0 unspecified atom stereocenters. The predicted molar refractivity (Wildman–Crippen MR) is 86.3 cm³/mol. The molecule has 3 heteroatoms. The van der Waals surface area contributed by atoms with E-state index in [1.807, 2.05) is 11.8 Å². The first kappa shape index (κ1) is 16.6. The van der Waals surface area contributed by atoms with Crippen LogP contribution < -0.4 is 0 Å². The Morgan fingerprint density at radius 1 is 1.19 bits per heavy atom. The lowest BCUT2D eigenvalue weighted by atomic mass is 9.64. The normalized spacial score (nSPS) is 22.8. The third-order valence-corrected chi connectivity index (χ3v) is 5.48. The highest BCUT2D eigenvalue weighted by atomic mass is 16.6. The Hall–Kier alpha value is -0.730. The first-order valence-corrected chi connectivity index (χ1v) is 8.96. The molecule has 3 nitrogen and oxygen atoms in total. The molecule has 21 heavy (non-hydrogen) atoms. The van der Waals surface area contributed by atoms with Gasteiger partial charge in [0.05, 0.1) is 6.61 Å². The van der Waals surface area contributed by atoms with Gasteiger partial charge in [0, 0.05) is 13.1 Å². The van der Waals surface area contributed by atoms with E-state index in [9.17, 15) is 4.79 Å². The number of hydrogen-bond acceptors (Lipinski definition) is 2. The topological polar surface area (TPSA) is 29.5 Å². The fourth-order valence-corrected chi connectivity index (χ4v) is 4.14. The van der Waals surface area contributed by atoms with Crippen LogP contribution in [0.3, 0.4) is 0 Å². The molecule has 1 aliphatic carbocycles. The van der Waals surface area contributed by atoms with Crippen LogP contribution >= 0.6 is 0 Å². The highest BCUT2D eigenvalue weighted by Gasteiger charge is 2.39. The Bertz CT molecular complexity index is 322. The van der Waals surface area contributed by atoms with Crippen molar-refractivity contribution in [2.24, 2.45) is 17.3 Å². The molecule has 0 N–H and O–H groups in total. The van der Waals surface area contributed by atoms with Crippen LogP contribution in [0.15, 0.2) is 0 Å². The summed E-state index contributed by atoms with van der Waals surface area (Å²) in [6, 6.07) is 0. The number of amides is 1. The number of carbonyl (C=O) groups excluding carboxylic acids is 1. The second-order valence-corrected chi connectivity index (χ2v) is 7.67. The molecule has 1 saturated heterocycles. The van der Waals surface area contributed by atoms with Crippen LogP contribution in [0.4, 0.5) is 4.79 Å². The van der Waals surface area contributed by atoms with E-state index in [1.165, 1.54) is 44.9 Å². The molecule has 1 heterocycles. The van der Waals surface area contributed by atoms with Gasteiger partial charge in [0.15, 0.2) is 0 Å². The van der Waals surface area contributed by atoms with Crippen molar-refractivity contribution in [3.8, 4) is 0 Å². The second kappa shape index (κ2) is 7.51. The monoisotopic (exact) mass is 295 g/mol. The van der Waals surface area contributed by atoms with Gasteiger partial charge in [0.1, 0.15) is 0 Å². The number of likely N-dealkylation sites (tertiary alicyclic amines) is 1. The third-order valence-electron chi connectivity index (χ3n) is 5.48. The first-order chi connectivity index (χ1) is 10.0. The number of rotatable bonds is 4. The number of hydrogen-bond donors (Lipinski definition) is 0. The molecule has 1 aliphatic heterocycles. The van der Waals surface area contributed by atoms with Crippen molar-refractivity contribution in [1.82, 2.24) is 4.90 Å². The molecule has 0 aromatic heterocycles. The molecule has 1 amide bonds. The van der Waals surface area contributed by atoms with Crippen molar-refractivity contribution in [3.05, 3.63) is 0 Å². The van der Waals surface area contributed by atoms with Crippen LogP contribution in [0.5, 0.6) is 0 Å². The van der Waals surface area contributed by atoms with Gasteiger partial charge in [-0.25, -0.2) is 4.79 Å². The highest BCUT2D eigenvalue weighted by molar-refractivity contribution is 5.67. The van der Waals surface area contributed by atoms with Crippen molar-refractivity contribution < 1.29 is 9.53 Å².